The Hall–Kier alpha value is -2.58. The van der Waals surface area contributed by atoms with Crippen LogP contribution >= 0.6 is 11.8 Å². The van der Waals surface area contributed by atoms with Gasteiger partial charge in [0.1, 0.15) is 0 Å². The highest BCUT2D eigenvalue weighted by Crippen LogP contribution is 2.40. The number of aromatic amines is 1. The van der Waals surface area contributed by atoms with Crippen molar-refractivity contribution in [3.8, 4) is 17.5 Å². The number of nitrogens with one attached hydrogen (secondary N) is 1. The molecule has 0 radical (unpaired) electrons. The van der Waals surface area contributed by atoms with Crippen LogP contribution < -0.4 is 0 Å². The third kappa shape index (κ3) is 3.45. The molecule has 0 saturated heterocycles. The van der Waals surface area contributed by atoms with Gasteiger partial charge in [-0.25, -0.2) is 0 Å². The number of fused-ring (bicyclic) bond motifs is 2. The average Bonchev–Trinajstić information content (AvgIpc) is 3.48. The maximum absolute atomic E-state index is 8.67. The molecule has 2 unspecified atom stereocenters. The van der Waals surface area contributed by atoms with Crippen LogP contribution in [0, 0.1) is 11.3 Å². The van der Waals surface area contributed by atoms with Gasteiger partial charge in [0.15, 0.2) is 0 Å². The van der Waals surface area contributed by atoms with Crippen LogP contribution in [0.5, 0.6) is 0 Å². The van der Waals surface area contributed by atoms with Gasteiger partial charge in [0, 0.05) is 47.5 Å². The fourth-order valence-electron chi connectivity index (χ4n) is 4.17. The summed E-state index contributed by atoms with van der Waals surface area (Å²) < 4.78 is 4.62. The van der Waals surface area contributed by atoms with E-state index >= 15 is 0 Å². The highest BCUT2D eigenvalue weighted by atomic mass is 32.2. The zero-order valence-corrected chi connectivity index (χ0v) is 17.1. The SMILES string of the molecule is C=CCSc1cc2n(c1-c1ccc[nH]1)CCC2C.N#CC1CCn2cccc21. The van der Waals surface area contributed by atoms with Crippen molar-refractivity contribution < 1.29 is 0 Å². The molecule has 2 aliphatic heterocycles. The summed E-state index contributed by atoms with van der Waals surface area (Å²) >= 11 is 1.87. The van der Waals surface area contributed by atoms with E-state index in [0.29, 0.717) is 5.92 Å². The number of hydrogen-bond donors (Lipinski definition) is 1. The second-order valence-corrected chi connectivity index (χ2v) is 8.47. The van der Waals surface area contributed by atoms with Crippen molar-refractivity contribution in [1.29, 1.82) is 5.26 Å². The van der Waals surface area contributed by atoms with Crippen LogP contribution in [0.2, 0.25) is 0 Å². The molecular formula is C23H26N4S. The van der Waals surface area contributed by atoms with Gasteiger partial charge in [-0.15, -0.1) is 18.3 Å². The Labute approximate surface area is 170 Å². The molecule has 5 heteroatoms. The molecule has 2 aliphatic rings. The number of hydrogen-bond acceptors (Lipinski definition) is 2. The van der Waals surface area contributed by atoms with Crippen molar-refractivity contribution >= 4 is 11.8 Å². The van der Waals surface area contributed by atoms with Gasteiger partial charge in [0.05, 0.1) is 23.4 Å². The van der Waals surface area contributed by atoms with E-state index in [1.54, 1.807) is 0 Å². The summed E-state index contributed by atoms with van der Waals surface area (Å²) in [6.45, 7) is 8.28. The lowest BCUT2D eigenvalue weighted by Crippen LogP contribution is -1.96. The van der Waals surface area contributed by atoms with Gasteiger partial charge in [-0.1, -0.05) is 13.0 Å². The normalized spacial score (nSPS) is 19.4. The predicted octanol–water partition coefficient (Wildman–Crippen LogP) is 5.77. The minimum atomic E-state index is 0.148. The Morgan fingerprint density at radius 1 is 1.29 bits per heavy atom. The highest BCUT2D eigenvalue weighted by Gasteiger charge is 2.25. The largest absolute Gasteiger partial charge is 0.360 e. The molecule has 0 fully saturated rings. The molecule has 28 heavy (non-hydrogen) atoms. The van der Waals surface area contributed by atoms with Crippen molar-refractivity contribution in [1.82, 2.24) is 14.1 Å². The smallest absolute Gasteiger partial charge is 0.0881 e. The van der Waals surface area contributed by atoms with Crippen molar-refractivity contribution in [3.05, 3.63) is 66.8 Å². The van der Waals surface area contributed by atoms with Gasteiger partial charge in [-0.05, 0) is 49.1 Å². The first kappa shape index (κ1) is 18.8. The van der Waals surface area contributed by atoms with Crippen molar-refractivity contribution in [2.45, 2.75) is 49.6 Å². The number of aryl methyl sites for hydroxylation is 1. The number of thioether (sulfide) groups is 1. The highest BCUT2D eigenvalue weighted by molar-refractivity contribution is 7.99. The minimum Gasteiger partial charge on any atom is -0.360 e. The van der Waals surface area contributed by atoms with Crippen LogP contribution in [0.1, 0.15) is 43.0 Å². The number of nitriles is 1. The summed E-state index contributed by atoms with van der Waals surface area (Å²) in [5.41, 5.74) is 5.24. The lowest BCUT2D eigenvalue weighted by atomic mass is 10.1. The number of rotatable bonds is 4. The monoisotopic (exact) mass is 390 g/mol. The first-order valence-electron chi connectivity index (χ1n) is 9.88. The topological polar surface area (TPSA) is 49.4 Å². The molecule has 0 bridgehead atoms. The third-order valence-electron chi connectivity index (χ3n) is 5.63. The van der Waals surface area contributed by atoms with Crippen molar-refractivity contribution in [2.75, 3.05) is 5.75 Å². The van der Waals surface area contributed by atoms with Gasteiger partial charge in [-0.3, -0.25) is 0 Å². The fourth-order valence-corrected chi connectivity index (χ4v) is 5.03. The third-order valence-corrected chi connectivity index (χ3v) is 6.66. The molecule has 3 aromatic heterocycles. The summed E-state index contributed by atoms with van der Waals surface area (Å²) in [6.07, 6.45) is 8.25. The van der Waals surface area contributed by atoms with E-state index in [9.17, 15) is 0 Å². The van der Waals surface area contributed by atoms with Gasteiger partial charge in [0.2, 0.25) is 0 Å². The summed E-state index contributed by atoms with van der Waals surface area (Å²) in [7, 11) is 0. The van der Waals surface area contributed by atoms with Crippen molar-refractivity contribution in [3.63, 3.8) is 0 Å². The summed E-state index contributed by atoms with van der Waals surface area (Å²) in [6, 6.07) is 12.9. The molecule has 1 N–H and O–H groups in total. The minimum absolute atomic E-state index is 0.148. The van der Waals surface area contributed by atoms with E-state index in [-0.39, 0.29) is 5.92 Å². The van der Waals surface area contributed by atoms with E-state index < -0.39 is 0 Å². The van der Waals surface area contributed by atoms with Crippen molar-refractivity contribution in [2.24, 2.45) is 0 Å². The maximum atomic E-state index is 8.67. The number of nitrogens with zero attached hydrogens (tertiary/aromatic N) is 3. The first-order chi connectivity index (χ1) is 13.7. The van der Waals surface area contributed by atoms with Gasteiger partial charge in [0.25, 0.3) is 0 Å². The molecule has 3 aromatic rings. The molecule has 0 aliphatic carbocycles. The molecule has 0 amide bonds. The van der Waals surface area contributed by atoms with Crippen LogP contribution in [-0.4, -0.2) is 19.9 Å². The Kier molecular flexibility index (Phi) is 5.50. The van der Waals surface area contributed by atoms with Crippen LogP contribution in [0.3, 0.4) is 0 Å². The molecule has 0 spiro atoms. The number of aromatic nitrogens is 3. The van der Waals surface area contributed by atoms with E-state index in [0.717, 1.165) is 25.3 Å². The zero-order valence-electron chi connectivity index (χ0n) is 16.3. The molecule has 2 atom stereocenters. The molecule has 4 nitrogen and oxygen atoms in total. The van der Waals surface area contributed by atoms with Crippen LogP contribution in [0.4, 0.5) is 0 Å². The van der Waals surface area contributed by atoms with E-state index in [4.69, 9.17) is 5.26 Å². The first-order valence-corrected chi connectivity index (χ1v) is 10.9. The fraction of sp³-hybridized carbons (Fsp3) is 0.348. The molecular weight excluding hydrogens is 364 g/mol. The molecule has 5 heterocycles. The summed E-state index contributed by atoms with van der Waals surface area (Å²) in [5.74, 6) is 1.79. The molecule has 5 rings (SSSR count). The summed E-state index contributed by atoms with van der Waals surface area (Å²) in [4.78, 5) is 4.71. The van der Waals surface area contributed by atoms with Gasteiger partial charge < -0.3 is 14.1 Å². The molecule has 0 saturated carbocycles. The second kappa shape index (κ2) is 8.20. The van der Waals surface area contributed by atoms with Crippen LogP contribution in [-0.2, 0) is 13.1 Å². The Balaban J connectivity index is 0.000000162. The lowest BCUT2D eigenvalue weighted by molar-refractivity contribution is 0.702. The van der Waals surface area contributed by atoms with Crippen LogP contribution in [0.15, 0.2) is 60.3 Å². The van der Waals surface area contributed by atoms with E-state index in [1.165, 1.54) is 34.1 Å². The summed E-state index contributed by atoms with van der Waals surface area (Å²) in [5, 5.41) is 8.67. The van der Waals surface area contributed by atoms with Crippen LogP contribution in [0.25, 0.3) is 11.4 Å². The lowest BCUT2D eigenvalue weighted by Gasteiger charge is -2.07. The Morgan fingerprint density at radius 3 is 2.93 bits per heavy atom. The second-order valence-electron chi connectivity index (χ2n) is 7.40. The number of H-pyrrole nitrogens is 1. The van der Waals surface area contributed by atoms with Gasteiger partial charge in [-0.2, -0.15) is 5.26 Å². The average molecular weight is 391 g/mol. The van der Waals surface area contributed by atoms with Gasteiger partial charge >= 0.3 is 0 Å². The standard InChI is InChI=1S/C15H18N2S.C8H8N2/c1-3-9-18-14-10-13-11(2)6-8-17(13)15(14)12-5-4-7-16-12;9-6-7-3-5-10-4-1-2-8(7)10/h3-5,7,10-11,16H,1,6,8-9H2,2H3;1-2,4,7H,3,5H2. The quantitative estimate of drug-likeness (QED) is 0.454. The zero-order chi connectivity index (χ0) is 19.5. The Morgan fingerprint density at radius 2 is 2.18 bits per heavy atom. The van der Waals surface area contributed by atoms with E-state index in [1.807, 2.05) is 42.4 Å². The predicted molar refractivity (Wildman–Crippen MR) is 116 cm³/mol. The molecule has 0 aromatic carbocycles. The Bertz CT molecular complexity index is 987. The molecule has 144 valence electrons. The maximum Gasteiger partial charge on any atom is 0.0881 e. The van der Waals surface area contributed by atoms with E-state index in [2.05, 4.69) is 51.9 Å².